The van der Waals surface area contributed by atoms with Gasteiger partial charge >= 0.3 is 6.03 Å². The predicted octanol–water partition coefficient (Wildman–Crippen LogP) is 3.61. The molecule has 2 aromatic carbocycles. The average molecular weight is 448 g/mol. The minimum absolute atomic E-state index is 0.0281. The fraction of sp³-hybridized carbons (Fsp3) is 0.240. The number of nitrogens with zero attached hydrogens (tertiary/aromatic N) is 3. The number of nitrogens with two attached hydrogens (primary N) is 1. The van der Waals surface area contributed by atoms with Crippen molar-refractivity contribution in [3.8, 4) is 0 Å². The Kier molecular flexibility index (Phi) is 6.65. The molecule has 1 aliphatic heterocycles. The molecule has 4 rings (SSSR count). The first-order valence-electron chi connectivity index (χ1n) is 10.8. The maximum atomic E-state index is 13.1. The molecule has 0 saturated carbocycles. The molecule has 1 unspecified atom stereocenters. The molecular formula is C25H26FN5O2. The number of hydrogen-bond donors (Lipinski definition) is 2. The van der Waals surface area contributed by atoms with Gasteiger partial charge in [-0.05, 0) is 54.5 Å². The molecule has 3 amide bonds. The Labute approximate surface area is 191 Å². The number of fused-ring (bicyclic) bond motifs is 1. The Bertz CT molecular complexity index is 1200. The number of carbonyl (C=O) groups is 2. The number of amides is 3. The van der Waals surface area contributed by atoms with Crippen molar-refractivity contribution in [3.63, 3.8) is 0 Å². The van der Waals surface area contributed by atoms with Crippen molar-refractivity contribution in [1.82, 2.24) is 14.8 Å². The van der Waals surface area contributed by atoms with E-state index in [-0.39, 0.29) is 17.8 Å². The van der Waals surface area contributed by atoms with Gasteiger partial charge in [-0.25, -0.2) is 9.18 Å². The lowest BCUT2D eigenvalue weighted by Crippen LogP contribution is -2.53. The van der Waals surface area contributed by atoms with Gasteiger partial charge in [0, 0.05) is 49.9 Å². The molecule has 7 nitrogen and oxygen atoms in total. The molecule has 1 atom stereocenters. The van der Waals surface area contributed by atoms with E-state index in [1.807, 2.05) is 30.0 Å². The number of benzene rings is 2. The lowest BCUT2D eigenvalue weighted by molar-refractivity contribution is -0.130. The third-order valence-corrected chi connectivity index (χ3v) is 5.75. The fourth-order valence-electron chi connectivity index (χ4n) is 4.13. The number of halogens is 1. The highest BCUT2D eigenvalue weighted by molar-refractivity contribution is 5.98. The smallest absolute Gasteiger partial charge is 0.316 e. The molecule has 0 aliphatic carbocycles. The van der Waals surface area contributed by atoms with Gasteiger partial charge in [0.25, 0.3) is 0 Å². The van der Waals surface area contributed by atoms with Crippen LogP contribution in [0.4, 0.5) is 14.9 Å². The molecule has 3 aromatic rings. The van der Waals surface area contributed by atoms with Crippen LogP contribution in [0.2, 0.25) is 0 Å². The van der Waals surface area contributed by atoms with Crippen molar-refractivity contribution in [1.29, 1.82) is 0 Å². The van der Waals surface area contributed by atoms with Gasteiger partial charge in [0.2, 0.25) is 5.91 Å². The summed E-state index contributed by atoms with van der Waals surface area (Å²) in [6, 6.07) is 13.2. The number of rotatable bonds is 5. The number of carbonyl (C=O) groups excluding carboxylic acids is 2. The molecule has 170 valence electrons. The van der Waals surface area contributed by atoms with E-state index in [9.17, 15) is 14.0 Å². The van der Waals surface area contributed by atoms with E-state index in [1.165, 1.54) is 18.2 Å². The predicted molar refractivity (Wildman–Crippen MR) is 127 cm³/mol. The molecule has 1 fully saturated rings. The van der Waals surface area contributed by atoms with Crippen LogP contribution >= 0.6 is 0 Å². The SMILES string of the molecule is CC1CN(Cc2ccc(F)cc2)CCN1C(=O)/C=C/c1cc2cccnc2cc1NC(N)=O. The van der Waals surface area contributed by atoms with Crippen LogP contribution in [0.15, 0.2) is 60.8 Å². The summed E-state index contributed by atoms with van der Waals surface area (Å²) < 4.78 is 13.1. The van der Waals surface area contributed by atoms with Gasteiger partial charge in [-0.3, -0.25) is 14.7 Å². The molecule has 1 saturated heterocycles. The summed E-state index contributed by atoms with van der Waals surface area (Å²) in [4.78, 5) is 32.8. The van der Waals surface area contributed by atoms with Gasteiger partial charge in [-0.2, -0.15) is 0 Å². The van der Waals surface area contributed by atoms with E-state index in [0.717, 1.165) is 36.1 Å². The third-order valence-electron chi connectivity index (χ3n) is 5.75. The zero-order chi connectivity index (χ0) is 23.4. The van der Waals surface area contributed by atoms with Gasteiger partial charge in [0.1, 0.15) is 5.82 Å². The van der Waals surface area contributed by atoms with Gasteiger partial charge in [0.05, 0.1) is 11.2 Å². The summed E-state index contributed by atoms with van der Waals surface area (Å²) in [5.41, 5.74) is 8.24. The maximum absolute atomic E-state index is 13.1. The van der Waals surface area contributed by atoms with Crippen molar-refractivity contribution in [3.05, 3.63) is 77.7 Å². The number of hydrogen-bond acceptors (Lipinski definition) is 4. The molecule has 33 heavy (non-hydrogen) atoms. The number of nitrogens with one attached hydrogen (secondary N) is 1. The molecule has 2 heterocycles. The van der Waals surface area contributed by atoms with E-state index >= 15 is 0 Å². The van der Waals surface area contributed by atoms with Gasteiger partial charge in [0.15, 0.2) is 0 Å². The summed E-state index contributed by atoms with van der Waals surface area (Å²) in [6.07, 6.45) is 4.89. The highest BCUT2D eigenvalue weighted by Crippen LogP contribution is 2.24. The topological polar surface area (TPSA) is 91.6 Å². The minimum atomic E-state index is -0.683. The second-order valence-corrected chi connectivity index (χ2v) is 8.20. The summed E-state index contributed by atoms with van der Waals surface area (Å²) in [7, 11) is 0. The standard InChI is InChI=1S/C25H26FN5O2/c1-17-15-30(16-18-4-7-21(26)8-5-18)11-12-31(17)24(32)9-6-20-13-19-3-2-10-28-22(19)14-23(20)29-25(27)33/h2-10,13-14,17H,11-12,15-16H2,1H3,(H3,27,29,33)/b9-6+. The summed E-state index contributed by atoms with van der Waals surface area (Å²) >= 11 is 0. The molecule has 0 radical (unpaired) electrons. The molecule has 1 aliphatic rings. The van der Waals surface area contributed by atoms with Gasteiger partial charge < -0.3 is 16.0 Å². The minimum Gasteiger partial charge on any atom is -0.351 e. The quantitative estimate of drug-likeness (QED) is 0.585. The normalized spacial score (nSPS) is 16.9. The van der Waals surface area contributed by atoms with E-state index in [1.54, 1.807) is 30.5 Å². The molecule has 3 N–H and O–H groups in total. The van der Waals surface area contributed by atoms with E-state index in [2.05, 4.69) is 15.2 Å². The average Bonchev–Trinajstić information content (AvgIpc) is 2.78. The van der Waals surface area contributed by atoms with Crippen LogP contribution < -0.4 is 11.1 Å². The number of anilines is 1. The van der Waals surface area contributed by atoms with E-state index < -0.39 is 6.03 Å². The van der Waals surface area contributed by atoms with Crippen molar-refractivity contribution in [2.75, 3.05) is 25.0 Å². The highest BCUT2D eigenvalue weighted by atomic mass is 19.1. The largest absolute Gasteiger partial charge is 0.351 e. The van der Waals surface area contributed by atoms with Crippen LogP contribution in [0.5, 0.6) is 0 Å². The Morgan fingerprint density at radius 1 is 1.21 bits per heavy atom. The first kappa shape index (κ1) is 22.4. The Hall–Kier alpha value is -3.78. The molecule has 8 heteroatoms. The molecular weight excluding hydrogens is 421 g/mol. The second-order valence-electron chi connectivity index (χ2n) is 8.20. The maximum Gasteiger partial charge on any atom is 0.316 e. The van der Waals surface area contributed by atoms with Gasteiger partial charge in [-0.1, -0.05) is 18.2 Å². The number of aromatic nitrogens is 1. The van der Waals surface area contributed by atoms with Gasteiger partial charge in [-0.15, -0.1) is 0 Å². The number of piperazine rings is 1. The Morgan fingerprint density at radius 2 is 2.00 bits per heavy atom. The number of primary amides is 1. The summed E-state index contributed by atoms with van der Waals surface area (Å²) in [5, 5.41) is 3.49. The van der Waals surface area contributed by atoms with Crippen molar-refractivity contribution in [2.45, 2.75) is 19.5 Å². The van der Waals surface area contributed by atoms with Crippen LogP contribution in [0.3, 0.4) is 0 Å². The zero-order valence-electron chi connectivity index (χ0n) is 18.4. The number of pyridine rings is 1. The van der Waals surface area contributed by atoms with Crippen LogP contribution in [-0.4, -0.2) is 52.4 Å². The van der Waals surface area contributed by atoms with Crippen LogP contribution in [0, 0.1) is 5.82 Å². The molecule has 0 bridgehead atoms. The number of urea groups is 1. The first-order valence-corrected chi connectivity index (χ1v) is 10.8. The molecule has 0 spiro atoms. The van der Waals surface area contributed by atoms with Crippen molar-refractivity contribution >= 4 is 34.6 Å². The highest BCUT2D eigenvalue weighted by Gasteiger charge is 2.26. The van der Waals surface area contributed by atoms with Crippen LogP contribution in [0.25, 0.3) is 17.0 Å². The first-order chi connectivity index (χ1) is 15.9. The monoisotopic (exact) mass is 447 g/mol. The van der Waals surface area contributed by atoms with Crippen LogP contribution in [-0.2, 0) is 11.3 Å². The summed E-state index contributed by atoms with van der Waals surface area (Å²) in [6.45, 7) is 4.80. The lowest BCUT2D eigenvalue weighted by Gasteiger charge is -2.39. The third kappa shape index (κ3) is 5.53. The van der Waals surface area contributed by atoms with Crippen molar-refractivity contribution < 1.29 is 14.0 Å². The molecule has 1 aromatic heterocycles. The Balaban J connectivity index is 1.44. The van der Waals surface area contributed by atoms with Crippen LogP contribution in [0.1, 0.15) is 18.1 Å². The van der Waals surface area contributed by atoms with E-state index in [4.69, 9.17) is 5.73 Å². The second kappa shape index (κ2) is 9.79. The summed E-state index contributed by atoms with van der Waals surface area (Å²) in [5.74, 6) is -0.341. The lowest BCUT2D eigenvalue weighted by atomic mass is 10.1. The fourth-order valence-corrected chi connectivity index (χ4v) is 4.13. The Morgan fingerprint density at radius 3 is 2.73 bits per heavy atom. The van der Waals surface area contributed by atoms with E-state index in [0.29, 0.717) is 17.8 Å². The van der Waals surface area contributed by atoms with Crippen molar-refractivity contribution in [2.24, 2.45) is 5.73 Å². The zero-order valence-corrected chi connectivity index (χ0v) is 18.4.